The molecule has 0 aliphatic carbocycles. The second kappa shape index (κ2) is 7.16. The SMILES string of the molecule is COc1cc(C(=O)C(=Cc2ccc(F)cc2)n2cncn2)cc2c1OC(C)(C)C2. The summed E-state index contributed by atoms with van der Waals surface area (Å²) in [5.41, 5.74) is 1.95. The van der Waals surface area contributed by atoms with Gasteiger partial charge in [-0.2, -0.15) is 5.10 Å². The average Bonchev–Trinajstić information content (AvgIpc) is 3.32. The molecule has 29 heavy (non-hydrogen) atoms. The molecule has 6 nitrogen and oxygen atoms in total. The largest absolute Gasteiger partial charge is 0.493 e. The van der Waals surface area contributed by atoms with E-state index in [0.717, 1.165) is 5.56 Å². The quantitative estimate of drug-likeness (QED) is 0.484. The monoisotopic (exact) mass is 393 g/mol. The van der Waals surface area contributed by atoms with Crippen LogP contribution < -0.4 is 9.47 Å². The van der Waals surface area contributed by atoms with Crippen LogP contribution in [0.15, 0.2) is 49.1 Å². The molecular weight excluding hydrogens is 373 g/mol. The normalized spacial score (nSPS) is 15.0. The Kier molecular flexibility index (Phi) is 4.66. The molecule has 0 bridgehead atoms. The van der Waals surface area contributed by atoms with Crippen molar-refractivity contribution in [1.82, 2.24) is 14.8 Å². The molecule has 7 heteroatoms. The van der Waals surface area contributed by atoms with Gasteiger partial charge in [0.05, 0.1) is 7.11 Å². The molecule has 1 aromatic heterocycles. The van der Waals surface area contributed by atoms with Gasteiger partial charge in [0.15, 0.2) is 11.5 Å². The maximum atomic E-state index is 13.4. The molecular formula is C22H20FN3O3. The molecule has 2 aromatic carbocycles. The predicted molar refractivity (Wildman–Crippen MR) is 106 cm³/mol. The summed E-state index contributed by atoms with van der Waals surface area (Å²) < 4.78 is 26.1. The first-order chi connectivity index (χ1) is 13.9. The molecule has 0 saturated carbocycles. The fourth-order valence-corrected chi connectivity index (χ4v) is 3.39. The molecule has 0 atom stereocenters. The van der Waals surface area contributed by atoms with E-state index in [2.05, 4.69) is 10.1 Å². The lowest BCUT2D eigenvalue weighted by Crippen LogP contribution is -2.24. The number of halogens is 1. The molecule has 4 rings (SSSR count). The first-order valence-electron chi connectivity index (χ1n) is 9.13. The number of hydrogen-bond donors (Lipinski definition) is 0. The van der Waals surface area contributed by atoms with Crippen LogP contribution in [0.2, 0.25) is 0 Å². The maximum absolute atomic E-state index is 13.4. The number of ketones is 1. The Balaban J connectivity index is 1.79. The van der Waals surface area contributed by atoms with Crippen molar-refractivity contribution in [2.24, 2.45) is 0 Å². The van der Waals surface area contributed by atoms with Crippen molar-refractivity contribution in [2.45, 2.75) is 25.9 Å². The molecule has 0 saturated heterocycles. The van der Waals surface area contributed by atoms with Gasteiger partial charge < -0.3 is 9.47 Å². The maximum Gasteiger partial charge on any atom is 0.211 e. The minimum absolute atomic E-state index is 0.259. The summed E-state index contributed by atoms with van der Waals surface area (Å²) in [4.78, 5) is 17.4. The minimum atomic E-state index is -0.365. The molecule has 0 fully saturated rings. The fraction of sp³-hybridized carbons (Fsp3) is 0.227. The van der Waals surface area contributed by atoms with Crippen molar-refractivity contribution in [3.63, 3.8) is 0 Å². The number of carbonyl (C=O) groups is 1. The molecule has 0 spiro atoms. The first kappa shape index (κ1) is 18.9. The number of fused-ring (bicyclic) bond motifs is 1. The number of Topliss-reactive ketones (excluding diaryl/α,β-unsaturated/α-hetero) is 1. The highest BCUT2D eigenvalue weighted by molar-refractivity contribution is 6.28. The molecule has 0 radical (unpaired) electrons. The topological polar surface area (TPSA) is 66.2 Å². The second-order valence-corrected chi connectivity index (χ2v) is 7.46. The molecule has 3 aromatic rings. The Labute approximate surface area is 167 Å². The van der Waals surface area contributed by atoms with Gasteiger partial charge in [0, 0.05) is 17.5 Å². The fourth-order valence-electron chi connectivity index (χ4n) is 3.39. The Bertz CT molecular complexity index is 1090. The van der Waals surface area contributed by atoms with Crippen LogP contribution in [0.25, 0.3) is 11.8 Å². The van der Waals surface area contributed by atoms with Gasteiger partial charge in [-0.05, 0) is 49.8 Å². The van der Waals surface area contributed by atoms with Crippen LogP contribution in [-0.2, 0) is 6.42 Å². The molecule has 0 amide bonds. The zero-order valence-corrected chi connectivity index (χ0v) is 16.3. The van der Waals surface area contributed by atoms with Crippen molar-refractivity contribution in [1.29, 1.82) is 0 Å². The van der Waals surface area contributed by atoms with Crippen LogP contribution in [0.3, 0.4) is 0 Å². The van der Waals surface area contributed by atoms with Crippen LogP contribution in [0.4, 0.5) is 4.39 Å². The average molecular weight is 393 g/mol. The number of hydrogen-bond acceptors (Lipinski definition) is 5. The lowest BCUT2D eigenvalue weighted by molar-refractivity contribution is 0.105. The third kappa shape index (κ3) is 3.76. The van der Waals surface area contributed by atoms with E-state index in [1.807, 2.05) is 19.9 Å². The van der Waals surface area contributed by atoms with Crippen molar-refractivity contribution in [3.05, 3.63) is 71.6 Å². The van der Waals surface area contributed by atoms with Crippen molar-refractivity contribution < 1.29 is 18.7 Å². The number of rotatable bonds is 5. The zero-order chi connectivity index (χ0) is 20.6. The number of aromatic nitrogens is 3. The Morgan fingerprint density at radius 1 is 1.28 bits per heavy atom. The molecule has 148 valence electrons. The summed E-state index contributed by atoms with van der Waals surface area (Å²) in [5.74, 6) is 0.572. The van der Waals surface area contributed by atoms with Gasteiger partial charge in [0.1, 0.15) is 29.8 Å². The minimum Gasteiger partial charge on any atom is -0.493 e. The summed E-state index contributed by atoms with van der Waals surface area (Å²) in [6.07, 6.45) is 5.12. The number of nitrogens with zero attached hydrogens (tertiary/aromatic N) is 3. The van der Waals surface area contributed by atoms with Gasteiger partial charge >= 0.3 is 0 Å². The van der Waals surface area contributed by atoms with Crippen molar-refractivity contribution in [2.75, 3.05) is 7.11 Å². The van der Waals surface area contributed by atoms with Crippen LogP contribution in [-0.4, -0.2) is 33.3 Å². The van der Waals surface area contributed by atoms with Crippen LogP contribution in [0, 0.1) is 5.82 Å². The van der Waals surface area contributed by atoms with Crippen molar-refractivity contribution >= 4 is 17.6 Å². The summed E-state index contributed by atoms with van der Waals surface area (Å²) in [6.45, 7) is 3.98. The number of carbonyl (C=O) groups excluding carboxylic acids is 1. The summed E-state index contributed by atoms with van der Waals surface area (Å²) in [7, 11) is 1.55. The number of methoxy groups -OCH3 is 1. The standard InChI is InChI=1S/C22H20FN3O3/c1-22(2)11-16-9-15(10-19(28-3)21(16)29-22)20(27)18(26-13-24-12-25-26)8-14-4-6-17(23)7-5-14/h4-10,12-13H,11H2,1-3H3. The highest BCUT2D eigenvalue weighted by atomic mass is 19.1. The number of benzene rings is 2. The Hall–Kier alpha value is -3.48. The van der Waals surface area contributed by atoms with E-state index in [-0.39, 0.29) is 22.9 Å². The Morgan fingerprint density at radius 3 is 2.69 bits per heavy atom. The molecule has 1 aliphatic heterocycles. The van der Waals surface area contributed by atoms with E-state index in [1.165, 1.54) is 29.5 Å². The van der Waals surface area contributed by atoms with E-state index < -0.39 is 0 Å². The lowest BCUT2D eigenvalue weighted by atomic mass is 9.97. The lowest BCUT2D eigenvalue weighted by Gasteiger charge is -2.17. The van der Waals surface area contributed by atoms with E-state index >= 15 is 0 Å². The Morgan fingerprint density at radius 2 is 2.03 bits per heavy atom. The van der Waals surface area contributed by atoms with Crippen molar-refractivity contribution in [3.8, 4) is 11.5 Å². The van der Waals surface area contributed by atoms with Crippen LogP contribution >= 0.6 is 0 Å². The third-order valence-electron chi connectivity index (χ3n) is 4.68. The second-order valence-electron chi connectivity index (χ2n) is 7.46. The molecule has 1 aliphatic rings. The van der Waals surface area contributed by atoms with Gasteiger partial charge in [-0.25, -0.2) is 14.1 Å². The van der Waals surface area contributed by atoms with Crippen LogP contribution in [0.5, 0.6) is 11.5 Å². The molecule has 0 N–H and O–H groups in total. The first-order valence-corrected chi connectivity index (χ1v) is 9.13. The summed E-state index contributed by atoms with van der Waals surface area (Å²) in [5, 5.41) is 4.10. The van der Waals surface area contributed by atoms with E-state index in [1.54, 1.807) is 31.4 Å². The van der Waals surface area contributed by atoms with Crippen LogP contribution in [0.1, 0.15) is 35.3 Å². The van der Waals surface area contributed by atoms with E-state index in [0.29, 0.717) is 29.0 Å². The number of allylic oxidation sites excluding steroid dienone is 1. The van der Waals surface area contributed by atoms with E-state index in [9.17, 15) is 9.18 Å². The molecule has 0 unspecified atom stereocenters. The third-order valence-corrected chi connectivity index (χ3v) is 4.68. The predicted octanol–water partition coefficient (Wildman–Crippen LogP) is 4.02. The van der Waals surface area contributed by atoms with Gasteiger partial charge in [-0.3, -0.25) is 4.79 Å². The van der Waals surface area contributed by atoms with Gasteiger partial charge in [0.2, 0.25) is 5.78 Å². The van der Waals surface area contributed by atoms with Gasteiger partial charge in [-0.1, -0.05) is 12.1 Å². The van der Waals surface area contributed by atoms with Gasteiger partial charge in [0.25, 0.3) is 0 Å². The zero-order valence-electron chi connectivity index (χ0n) is 16.3. The highest BCUT2D eigenvalue weighted by Crippen LogP contribution is 2.43. The smallest absolute Gasteiger partial charge is 0.211 e. The summed E-state index contributed by atoms with van der Waals surface area (Å²) >= 11 is 0. The summed E-state index contributed by atoms with van der Waals surface area (Å²) in [6, 6.07) is 9.36. The molecule has 2 heterocycles. The van der Waals surface area contributed by atoms with Gasteiger partial charge in [-0.15, -0.1) is 0 Å². The van der Waals surface area contributed by atoms with E-state index in [4.69, 9.17) is 9.47 Å². The highest BCUT2D eigenvalue weighted by Gasteiger charge is 2.34. The number of ether oxygens (including phenoxy) is 2.